The number of amides is 2. The van der Waals surface area contributed by atoms with Crippen molar-refractivity contribution in [2.75, 3.05) is 6.54 Å². The van der Waals surface area contributed by atoms with Gasteiger partial charge in [0.15, 0.2) is 5.69 Å². The third-order valence-electron chi connectivity index (χ3n) is 3.40. The molecule has 0 unspecified atom stereocenters. The molecule has 0 aliphatic carbocycles. The largest absolute Gasteiger partial charge is 0.493 e. The van der Waals surface area contributed by atoms with E-state index in [0.29, 0.717) is 21.1 Å². The van der Waals surface area contributed by atoms with Gasteiger partial charge in [0.2, 0.25) is 11.8 Å². The molecule has 3 rings (SSSR count). The van der Waals surface area contributed by atoms with Crippen LogP contribution in [0.15, 0.2) is 60.2 Å². The second kappa shape index (κ2) is 8.31. The van der Waals surface area contributed by atoms with Crippen LogP contribution in [0.1, 0.15) is 5.76 Å². The fraction of sp³-hybridized carbons (Fsp3) is 0.0588. The highest BCUT2D eigenvalue weighted by Crippen LogP contribution is 2.40. The van der Waals surface area contributed by atoms with Crippen LogP contribution in [-0.2, 0) is 9.59 Å². The van der Waals surface area contributed by atoms with Crippen molar-refractivity contribution in [1.29, 1.82) is 0 Å². The average Bonchev–Trinajstić information content (AvgIpc) is 3.24. The smallest absolute Gasteiger partial charge is 0.283 e. The fourth-order valence-electron chi connectivity index (χ4n) is 2.20. The monoisotopic (exact) mass is 494 g/mol. The number of rotatable bonds is 5. The zero-order chi connectivity index (χ0) is 19.4. The fourth-order valence-corrected chi connectivity index (χ4v) is 3.52. The van der Waals surface area contributed by atoms with Gasteiger partial charge in [0.05, 0.1) is 11.8 Å². The lowest BCUT2D eigenvalue weighted by Gasteiger charge is -1.97. The molecular weight excluding hydrogens is 484 g/mol. The van der Waals surface area contributed by atoms with Crippen LogP contribution in [0.4, 0.5) is 5.69 Å². The second-order valence-corrected chi connectivity index (χ2v) is 7.06. The van der Waals surface area contributed by atoms with Crippen LogP contribution in [0.3, 0.4) is 0 Å². The first-order chi connectivity index (χ1) is 12.9. The SMILES string of the molecule is O=C(CNC(=O)C=Cc1ccco1)N=Nc1c(O)[nH]c2c(Br)cc(Br)cc12. The number of H-pyrrole nitrogens is 1. The van der Waals surface area contributed by atoms with Crippen LogP contribution >= 0.6 is 31.9 Å². The summed E-state index contributed by atoms with van der Waals surface area (Å²) in [4.78, 5) is 26.3. The molecule has 0 radical (unpaired) electrons. The maximum absolute atomic E-state index is 11.8. The van der Waals surface area contributed by atoms with Crippen molar-refractivity contribution in [3.63, 3.8) is 0 Å². The van der Waals surface area contributed by atoms with Crippen LogP contribution in [-0.4, -0.2) is 28.4 Å². The summed E-state index contributed by atoms with van der Waals surface area (Å²) in [5.41, 5.74) is 0.748. The molecule has 2 amide bonds. The second-order valence-electron chi connectivity index (χ2n) is 5.29. The Labute approximate surface area is 169 Å². The Morgan fingerprint density at radius 2 is 2.15 bits per heavy atom. The summed E-state index contributed by atoms with van der Waals surface area (Å²) in [6.07, 6.45) is 4.20. The summed E-state index contributed by atoms with van der Waals surface area (Å²) in [5, 5.41) is 20.3. The summed E-state index contributed by atoms with van der Waals surface area (Å²) < 4.78 is 6.53. The van der Waals surface area contributed by atoms with Crippen molar-refractivity contribution in [3.05, 3.63) is 51.3 Å². The van der Waals surface area contributed by atoms with E-state index in [-0.39, 0.29) is 18.1 Å². The number of furan rings is 1. The third kappa shape index (κ3) is 4.72. The van der Waals surface area contributed by atoms with Gasteiger partial charge < -0.3 is 19.8 Å². The first kappa shape index (κ1) is 19.1. The van der Waals surface area contributed by atoms with Gasteiger partial charge in [-0.05, 0) is 46.3 Å². The number of azo groups is 1. The van der Waals surface area contributed by atoms with Gasteiger partial charge in [-0.2, -0.15) is 0 Å². The quantitative estimate of drug-likeness (QED) is 0.358. The van der Waals surface area contributed by atoms with E-state index >= 15 is 0 Å². The number of halogens is 2. The van der Waals surface area contributed by atoms with E-state index in [1.807, 2.05) is 0 Å². The Balaban J connectivity index is 1.64. The average molecular weight is 496 g/mol. The Morgan fingerprint density at radius 1 is 1.33 bits per heavy atom. The van der Waals surface area contributed by atoms with E-state index in [2.05, 4.69) is 52.4 Å². The molecule has 10 heteroatoms. The van der Waals surface area contributed by atoms with Gasteiger partial charge >= 0.3 is 0 Å². The lowest BCUT2D eigenvalue weighted by atomic mass is 10.2. The topological polar surface area (TPSA) is 120 Å². The Hall–Kier alpha value is -2.72. The number of fused-ring (bicyclic) bond motifs is 1. The number of aromatic hydroxyl groups is 1. The number of nitrogens with zero attached hydrogens (tertiary/aromatic N) is 2. The highest BCUT2D eigenvalue weighted by molar-refractivity contribution is 9.11. The standard InChI is InChI=1S/C17H12Br2N4O4/c18-9-6-11-15(12(19)7-9)21-17(26)16(11)23-22-14(25)8-20-13(24)4-3-10-2-1-5-27-10/h1-7,21,26H,8H2,(H,20,24). The number of aromatic nitrogens is 1. The molecule has 0 fully saturated rings. The molecule has 0 aliphatic rings. The normalized spacial score (nSPS) is 11.6. The molecule has 0 atom stereocenters. The molecule has 27 heavy (non-hydrogen) atoms. The molecule has 0 spiro atoms. The van der Waals surface area contributed by atoms with Crippen LogP contribution in [0.5, 0.6) is 5.88 Å². The van der Waals surface area contributed by atoms with E-state index < -0.39 is 11.8 Å². The maximum atomic E-state index is 11.8. The van der Waals surface area contributed by atoms with Gasteiger partial charge in [0.1, 0.15) is 12.3 Å². The Kier molecular flexibility index (Phi) is 5.87. The molecule has 0 bridgehead atoms. The summed E-state index contributed by atoms with van der Waals surface area (Å²) in [6, 6.07) is 6.92. The van der Waals surface area contributed by atoms with Gasteiger partial charge in [0.25, 0.3) is 5.91 Å². The number of carbonyl (C=O) groups excluding carboxylic acids is 2. The highest BCUT2D eigenvalue weighted by atomic mass is 79.9. The molecular formula is C17H12Br2N4O4. The predicted molar refractivity (Wildman–Crippen MR) is 106 cm³/mol. The van der Waals surface area contributed by atoms with E-state index in [9.17, 15) is 14.7 Å². The minimum absolute atomic E-state index is 0.129. The van der Waals surface area contributed by atoms with Crippen molar-refractivity contribution < 1.29 is 19.1 Å². The molecule has 0 aliphatic heterocycles. The van der Waals surface area contributed by atoms with E-state index in [1.165, 1.54) is 18.4 Å². The number of hydrogen-bond donors (Lipinski definition) is 3. The van der Waals surface area contributed by atoms with Crippen LogP contribution in [0, 0.1) is 0 Å². The maximum Gasteiger partial charge on any atom is 0.283 e. The van der Waals surface area contributed by atoms with E-state index in [1.54, 1.807) is 24.3 Å². The molecule has 2 aromatic heterocycles. The number of benzene rings is 1. The molecule has 138 valence electrons. The van der Waals surface area contributed by atoms with Crippen molar-refractivity contribution >= 4 is 66.3 Å². The summed E-state index contributed by atoms with van der Waals surface area (Å²) in [6.45, 7) is -0.332. The lowest BCUT2D eigenvalue weighted by molar-refractivity contribution is -0.122. The number of aromatic amines is 1. The third-order valence-corrected chi connectivity index (χ3v) is 4.48. The molecule has 3 aromatic rings. The first-order valence-corrected chi connectivity index (χ1v) is 9.16. The number of hydrogen-bond acceptors (Lipinski definition) is 5. The van der Waals surface area contributed by atoms with Gasteiger partial charge in [0, 0.05) is 20.4 Å². The molecule has 0 saturated heterocycles. The molecule has 3 N–H and O–H groups in total. The van der Waals surface area contributed by atoms with Crippen molar-refractivity contribution in [3.8, 4) is 5.88 Å². The van der Waals surface area contributed by atoms with Crippen molar-refractivity contribution in [2.45, 2.75) is 0 Å². The summed E-state index contributed by atoms with van der Waals surface area (Å²) in [5.74, 6) is -0.843. The highest BCUT2D eigenvalue weighted by Gasteiger charge is 2.14. The molecule has 2 heterocycles. The Bertz CT molecular complexity index is 1050. The zero-order valence-electron chi connectivity index (χ0n) is 13.6. The van der Waals surface area contributed by atoms with Crippen LogP contribution in [0.2, 0.25) is 0 Å². The summed E-state index contributed by atoms with van der Waals surface area (Å²) in [7, 11) is 0. The van der Waals surface area contributed by atoms with E-state index in [0.717, 1.165) is 4.47 Å². The number of carbonyl (C=O) groups is 2. The minimum atomic E-state index is -0.669. The Morgan fingerprint density at radius 3 is 2.89 bits per heavy atom. The molecule has 0 saturated carbocycles. The van der Waals surface area contributed by atoms with Crippen molar-refractivity contribution in [2.24, 2.45) is 10.2 Å². The summed E-state index contributed by atoms with van der Waals surface area (Å²) >= 11 is 6.72. The zero-order valence-corrected chi connectivity index (χ0v) is 16.7. The lowest BCUT2D eigenvalue weighted by Crippen LogP contribution is -2.26. The first-order valence-electron chi connectivity index (χ1n) is 7.57. The van der Waals surface area contributed by atoms with Gasteiger partial charge in [-0.15, -0.1) is 10.2 Å². The molecule has 8 nitrogen and oxygen atoms in total. The predicted octanol–water partition coefficient (Wildman–Crippen LogP) is 4.43. The minimum Gasteiger partial charge on any atom is -0.493 e. The van der Waals surface area contributed by atoms with E-state index in [4.69, 9.17) is 4.42 Å². The van der Waals surface area contributed by atoms with Gasteiger partial charge in [-0.3, -0.25) is 9.59 Å². The molecule has 1 aromatic carbocycles. The van der Waals surface area contributed by atoms with Crippen LogP contribution in [0.25, 0.3) is 17.0 Å². The van der Waals surface area contributed by atoms with Crippen molar-refractivity contribution in [1.82, 2.24) is 10.3 Å². The van der Waals surface area contributed by atoms with Gasteiger partial charge in [-0.1, -0.05) is 15.9 Å². The van der Waals surface area contributed by atoms with Gasteiger partial charge in [-0.25, -0.2) is 0 Å². The van der Waals surface area contributed by atoms with Crippen LogP contribution < -0.4 is 5.32 Å². The number of nitrogens with one attached hydrogen (secondary N) is 2.